The summed E-state index contributed by atoms with van der Waals surface area (Å²) in [7, 11) is 1.17. The van der Waals surface area contributed by atoms with Crippen LogP contribution < -0.4 is 10.6 Å². The number of alkyl carbamates (subject to hydrolysis) is 1. The van der Waals surface area contributed by atoms with Crippen LogP contribution >= 0.6 is 0 Å². The number of benzene rings is 1. The molecule has 2 atom stereocenters. The molecule has 0 aliphatic heterocycles. The Morgan fingerprint density at radius 1 is 1.15 bits per heavy atom. The molecule has 3 amide bonds. The van der Waals surface area contributed by atoms with Crippen LogP contribution in [0.3, 0.4) is 0 Å². The SMILES string of the molecule is C#CN(C(=O)C(CC(C)C)NC(=O)OC(C)(C)C)C(C(=O)NCC(=O)OC)c1ccc(O)cc1. The summed E-state index contributed by atoms with van der Waals surface area (Å²) in [6.45, 7) is 8.34. The number of aromatic hydroxyl groups is 1. The molecule has 0 fully saturated rings. The van der Waals surface area contributed by atoms with Gasteiger partial charge in [-0.05, 0) is 50.8 Å². The molecule has 1 aromatic rings. The zero-order valence-electron chi connectivity index (χ0n) is 20.4. The average molecular weight is 476 g/mol. The van der Waals surface area contributed by atoms with E-state index in [1.807, 2.05) is 13.8 Å². The minimum atomic E-state index is -1.35. The summed E-state index contributed by atoms with van der Waals surface area (Å²) in [5, 5.41) is 14.6. The number of carbonyl (C=O) groups excluding carboxylic acids is 4. The molecule has 34 heavy (non-hydrogen) atoms. The van der Waals surface area contributed by atoms with Gasteiger partial charge < -0.3 is 25.2 Å². The van der Waals surface area contributed by atoms with Crippen LogP contribution in [-0.2, 0) is 23.9 Å². The van der Waals surface area contributed by atoms with E-state index >= 15 is 0 Å². The van der Waals surface area contributed by atoms with Crippen molar-refractivity contribution < 1.29 is 33.8 Å². The van der Waals surface area contributed by atoms with Gasteiger partial charge in [0.1, 0.15) is 30.0 Å². The van der Waals surface area contributed by atoms with Crippen molar-refractivity contribution >= 4 is 23.9 Å². The highest BCUT2D eigenvalue weighted by atomic mass is 16.6. The smallest absolute Gasteiger partial charge is 0.408 e. The Morgan fingerprint density at radius 2 is 1.74 bits per heavy atom. The zero-order valence-corrected chi connectivity index (χ0v) is 20.4. The normalized spacial score (nSPS) is 12.6. The summed E-state index contributed by atoms with van der Waals surface area (Å²) in [5.74, 6) is -2.22. The highest BCUT2D eigenvalue weighted by molar-refractivity contribution is 5.94. The van der Waals surface area contributed by atoms with Gasteiger partial charge in [0.05, 0.1) is 7.11 Å². The van der Waals surface area contributed by atoms with Gasteiger partial charge in [-0.2, -0.15) is 0 Å². The third-order valence-electron chi connectivity index (χ3n) is 4.42. The number of rotatable bonds is 9. The molecule has 0 radical (unpaired) electrons. The van der Waals surface area contributed by atoms with E-state index in [0.717, 1.165) is 4.90 Å². The second-order valence-corrected chi connectivity index (χ2v) is 8.95. The maximum Gasteiger partial charge on any atom is 0.408 e. The van der Waals surface area contributed by atoms with E-state index in [2.05, 4.69) is 21.4 Å². The van der Waals surface area contributed by atoms with Crippen molar-refractivity contribution in [2.45, 2.75) is 58.7 Å². The van der Waals surface area contributed by atoms with Crippen LogP contribution in [-0.4, -0.2) is 59.2 Å². The number of carbonyl (C=O) groups is 4. The first-order valence-corrected chi connectivity index (χ1v) is 10.7. The van der Waals surface area contributed by atoms with Crippen molar-refractivity contribution in [1.29, 1.82) is 0 Å². The molecule has 0 aliphatic carbocycles. The number of hydrogen-bond donors (Lipinski definition) is 3. The van der Waals surface area contributed by atoms with Gasteiger partial charge in [-0.3, -0.25) is 19.3 Å². The van der Waals surface area contributed by atoms with Crippen molar-refractivity contribution in [2.75, 3.05) is 13.7 Å². The molecule has 0 saturated carbocycles. The lowest BCUT2D eigenvalue weighted by atomic mass is 9.99. The van der Waals surface area contributed by atoms with E-state index in [1.54, 1.807) is 20.8 Å². The maximum absolute atomic E-state index is 13.5. The number of methoxy groups -OCH3 is 1. The average Bonchev–Trinajstić information content (AvgIpc) is 2.73. The molecule has 3 N–H and O–H groups in total. The number of amides is 3. The fourth-order valence-corrected chi connectivity index (χ4v) is 2.98. The topological polar surface area (TPSA) is 134 Å². The summed E-state index contributed by atoms with van der Waals surface area (Å²) in [6.07, 6.45) is 5.07. The number of ether oxygens (including phenoxy) is 2. The molecular formula is C24H33N3O7. The van der Waals surface area contributed by atoms with Gasteiger partial charge >= 0.3 is 12.1 Å². The summed E-state index contributed by atoms with van der Waals surface area (Å²) in [4.78, 5) is 51.2. The number of nitrogens with zero attached hydrogens (tertiary/aromatic N) is 1. The Labute approximate surface area is 200 Å². The summed E-state index contributed by atoms with van der Waals surface area (Å²) in [5.41, 5.74) is -0.504. The van der Waals surface area contributed by atoms with Gasteiger partial charge in [-0.25, -0.2) is 4.79 Å². The Morgan fingerprint density at radius 3 is 2.21 bits per heavy atom. The largest absolute Gasteiger partial charge is 0.508 e. The standard InChI is InChI=1S/C24H33N3O7/c1-8-27(22(31)18(13-15(2)3)26-23(32)34-24(4,5)6)20(16-9-11-17(28)12-10-16)21(30)25-14-19(29)33-7/h1,9-12,15,18,20,28H,13-14H2,2-7H3,(H,25,30)(H,26,32). The Balaban J connectivity index is 3.33. The van der Waals surface area contributed by atoms with Crippen LogP contribution in [0.2, 0.25) is 0 Å². The van der Waals surface area contributed by atoms with E-state index in [0.29, 0.717) is 0 Å². The molecule has 1 aromatic carbocycles. The van der Waals surface area contributed by atoms with E-state index in [4.69, 9.17) is 11.2 Å². The summed E-state index contributed by atoms with van der Waals surface area (Å²) < 4.78 is 9.80. The minimum Gasteiger partial charge on any atom is -0.508 e. The third kappa shape index (κ3) is 9.02. The fourth-order valence-electron chi connectivity index (χ4n) is 2.98. The fraction of sp³-hybridized carbons (Fsp3) is 0.500. The van der Waals surface area contributed by atoms with Crippen LogP contribution in [0.5, 0.6) is 5.75 Å². The van der Waals surface area contributed by atoms with E-state index in [1.165, 1.54) is 31.4 Å². The van der Waals surface area contributed by atoms with Gasteiger partial charge in [0, 0.05) is 6.04 Å². The monoisotopic (exact) mass is 475 g/mol. The van der Waals surface area contributed by atoms with Crippen LogP contribution in [0.25, 0.3) is 0 Å². The molecule has 0 aromatic heterocycles. The number of terminal acetylenes is 1. The molecule has 0 saturated heterocycles. The predicted octanol–water partition coefficient (Wildman–Crippen LogP) is 2.08. The molecule has 2 unspecified atom stereocenters. The lowest BCUT2D eigenvalue weighted by molar-refractivity contribution is -0.143. The minimum absolute atomic E-state index is 0.0104. The molecule has 10 nitrogen and oxygen atoms in total. The first-order chi connectivity index (χ1) is 15.8. The number of esters is 1. The molecule has 0 spiro atoms. The second kappa shape index (κ2) is 12.5. The second-order valence-electron chi connectivity index (χ2n) is 8.95. The summed E-state index contributed by atoms with van der Waals surface area (Å²) in [6, 6.07) is 5.31. The highest BCUT2D eigenvalue weighted by Crippen LogP contribution is 2.25. The molecule has 10 heteroatoms. The Hall–Kier alpha value is -3.74. The van der Waals surface area contributed by atoms with Gasteiger partial charge in [0.15, 0.2) is 0 Å². The molecule has 186 valence electrons. The Bertz CT molecular complexity index is 914. The van der Waals surface area contributed by atoms with Crippen LogP contribution in [0.4, 0.5) is 4.79 Å². The first-order valence-electron chi connectivity index (χ1n) is 10.7. The van der Waals surface area contributed by atoms with Crippen molar-refractivity contribution in [3.8, 4) is 18.2 Å². The number of phenolic OH excluding ortho intramolecular Hbond substituents is 1. The quantitative estimate of drug-likeness (QED) is 0.283. The van der Waals surface area contributed by atoms with E-state index in [-0.39, 0.29) is 23.7 Å². The molecule has 0 heterocycles. The van der Waals surface area contributed by atoms with Crippen molar-refractivity contribution in [1.82, 2.24) is 15.5 Å². The van der Waals surface area contributed by atoms with Crippen LogP contribution in [0.15, 0.2) is 24.3 Å². The van der Waals surface area contributed by atoms with E-state index in [9.17, 15) is 24.3 Å². The molecule has 0 bridgehead atoms. The zero-order chi connectivity index (χ0) is 26.1. The van der Waals surface area contributed by atoms with Crippen molar-refractivity contribution in [3.05, 3.63) is 29.8 Å². The maximum atomic E-state index is 13.5. The highest BCUT2D eigenvalue weighted by Gasteiger charge is 2.36. The van der Waals surface area contributed by atoms with Gasteiger partial charge in [-0.1, -0.05) is 32.4 Å². The van der Waals surface area contributed by atoms with Gasteiger partial charge in [-0.15, -0.1) is 0 Å². The third-order valence-corrected chi connectivity index (χ3v) is 4.42. The van der Waals surface area contributed by atoms with Crippen molar-refractivity contribution in [3.63, 3.8) is 0 Å². The number of nitrogens with one attached hydrogen (secondary N) is 2. The molecular weight excluding hydrogens is 442 g/mol. The lowest BCUT2D eigenvalue weighted by Gasteiger charge is -2.31. The Kier molecular flexibility index (Phi) is 10.4. The summed E-state index contributed by atoms with van der Waals surface area (Å²) >= 11 is 0. The van der Waals surface area contributed by atoms with Crippen LogP contribution in [0.1, 0.15) is 52.6 Å². The van der Waals surface area contributed by atoms with Gasteiger partial charge in [0.25, 0.3) is 5.91 Å². The lowest BCUT2D eigenvalue weighted by Crippen LogP contribution is -2.52. The predicted molar refractivity (Wildman–Crippen MR) is 124 cm³/mol. The molecule has 0 aliphatic rings. The van der Waals surface area contributed by atoms with E-state index < -0.39 is 48.1 Å². The van der Waals surface area contributed by atoms with Crippen LogP contribution in [0, 0.1) is 18.4 Å². The van der Waals surface area contributed by atoms with Gasteiger partial charge in [0.2, 0.25) is 5.91 Å². The number of phenols is 1. The molecule has 1 rings (SSSR count). The number of hydrogen-bond acceptors (Lipinski definition) is 7. The first kappa shape index (κ1) is 28.3. The van der Waals surface area contributed by atoms with Crippen molar-refractivity contribution in [2.24, 2.45) is 5.92 Å².